The SMILES string of the molecule is C=C(C)[C@H]1CC=C(C)[C@H](Cl)C1. The molecule has 62 valence electrons. The lowest BCUT2D eigenvalue weighted by atomic mass is 9.86. The first-order valence-electron chi connectivity index (χ1n) is 4.07. The molecular formula is C10H15Cl. The molecule has 1 rings (SSSR count). The molecule has 0 unspecified atom stereocenters. The van der Waals surface area contributed by atoms with Crippen molar-refractivity contribution in [3.8, 4) is 0 Å². The number of hydrogen-bond acceptors (Lipinski definition) is 0. The fourth-order valence-corrected chi connectivity index (χ4v) is 1.69. The molecule has 0 saturated carbocycles. The van der Waals surface area contributed by atoms with E-state index >= 15 is 0 Å². The van der Waals surface area contributed by atoms with E-state index in [1.165, 1.54) is 11.1 Å². The van der Waals surface area contributed by atoms with E-state index < -0.39 is 0 Å². The fraction of sp³-hybridized carbons (Fsp3) is 0.600. The van der Waals surface area contributed by atoms with Crippen LogP contribution in [0.3, 0.4) is 0 Å². The Morgan fingerprint density at radius 2 is 2.36 bits per heavy atom. The lowest BCUT2D eigenvalue weighted by Gasteiger charge is -2.24. The summed E-state index contributed by atoms with van der Waals surface area (Å²) in [6.45, 7) is 8.14. The van der Waals surface area contributed by atoms with Crippen LogP contribution in [0.25, 0.3) is 0 Å². The Kier molecular flexibility index (Phi) is 2.78. The van der Waals surface area contributed by atoms with Gasteiger partial charge in [0.2, 0.25) is 0 Å². The van der Waals surface area contributed by atoms with E-state index in [1.807, 2.05) is 0 Å². The highest BCUT2D eigenvalue weighted by Crippen LogP contribution is 2.31. The highest BCUT2D eigenvalue weighted by atomic mass is 35.5. The van der Waals surface area contributed by atoms with E-state index in [0.717, 1.165) is 12.8 Å². The van der Waals surface area contributed by atoms with Crippen LogP contribution in [-0.2, 0) is 0 Å². The van der Waals surface area contributed by atoms with Gasteiger partial charge in [0.15, 0.2) is 0 Å². The quantitative estimate of drug-likeness (QED) is 0.417. The molecule has 2 atom stereocenters. The second-order valence-corrected chi connectivity index (χ2v) is 3.96. The van der Waals surface area contributed by atoms with Crippen molar-refractivity contribution in [2.24, 2.45) is 5.92 Å². The average Bonchev–Trinajstić information content (AvgIpc) is 1.94. The van der Waals surface area contributed by atoms with Crippen LogP contribution in [0.2, 0.25) is 0 Å². The first-order valence-corrected chi connectivity index (χ1v) is 4.51. The van der Waals surface area contributed by atoms with Crippen molar-refractivity contribution in [3.05, 3.63) is 23.8 Å². The summed E-state index contributed by atoms with van der Waals surface area (Å²) in [5, 5.41) is 0.241. The van der Waals surface area contributed by atoms with Gasteiger partial charge in [-0.1, -0.05) is 23.8 Å². The summed E-state index contributed by atoms with van der Waals surface area (Å²) in [7, 11) is 0. The minimum atomic E-state index is 0.241. The molecule has 0 aliphatic heterocycles. The third-order valence-corrected chi connectivity index (χ3v) is 2.93. The maximum absolute atomic E-state index is 6.10. The predicted octanol–water partition coefficient (Wildman–Crippen LogP) is 3.53. The topological polar surface area (TPSA) is 0 Å². The highest BCUT2D eigenvalue weighted by molar-refractivity contribution is 6.22. The molecule has 0 aromatic heterocycles. The Balaban J connectivity index is 2.62. The van der Waals surface area contributed by atoms with E-state index in [4.69, 9.17) is 11.6 Å². The van der Waals surface area contributed by atoms with Crippen LogP contribution in [0.5, 0.6) is 0 Å². The van der Waals surface area contributed by atoms with E-state index in [-0.39, 0.29) is 5.38 Å². The Labute approximate surface area is 73.9 Å². The Bertz CT molecular complexity index is 191. The van der Waals surface area contributed by atoms with Crippen LogP contribution in [0, 0.1) is 5.92 Å². The van der Waals surface area contributed by atoms with Gasteiger partial charge in [0.25, 0.3) is 0 Å². The molecule has 0 spiro atoms. The summed E-state index contributed by atoms with van der Waals surface area (Å²) in [4.78, 5) is 0. The monoisotopic (exact) mass is 170 g/mol. The zero-order valence-corrected chi connectivity index (χ0v) is 7.99. The number of alkyl halides is 1. The zero-order valence-electron chi connectivity index (χ0n) is 7.23. The van der Waals surface area contributed by atoms with Gasteiger partial charge in [0.05, 0.1) is 5.38 Å². The Morgan fingerprint density at radius 1 is 1.73 bits per heavy atom. The van der Waals surface area contributed by atoms with E-state index in [1.54, 1.807) is 0 Å². The van der Waals surface area contributed by atoms with E-state index in [0.29, 0.717) is 5.92 Å². The first-order chi connectivity index (χ1) is 5.11. The van der Waals surface area contributed by atoms with E-state index in [9.17, 15) is 0 Å². The van der Waals surface area contributed by atoms with Crippen molar-refractivity contribution in [1.82, 2.24) is 0 Å². The molecule has 0 radical (unpaired) electrons. The zero-order chi connectivity index (χ0) is 8.43. The van der Waals surface area contributed by atoms with Gasteiger partial charge in [-0.2, -0.15) is 0 Å². The van der Waals surface area contributed by atoms with Gasteiger partial charge in [-0.05, 0) is 32.6 Å². The number of rotatable bonds is 1. The second kappa shape index (κ2) is 3.44. The lowest BCUT2D eigenvalue weighted by Crippen LogP contribution is -2.15. The maximum Gasteiger partial charge on any atom is 0.0548 e. The first kappa shape index (κ1) is 8.86. The summed E-state index contributed by atoms with van der Waals surface area (Å²) in [6.07, 6.45) is 4.43. The highest BCUT2D eigenvalue weighted by Gasteiger charge is 2.19. The molecule has 0 N–H and O–H groups in total. The Morgan fingerprint density at radius 3 is 2.82 bits per heavy atom. The van der Waals surface area contributed by atoms with Crippen LogP contribution in [-0.4, -0.2) is 5.38 Å². The van der Waals surface area contributed by atoms with Gasteiger partial charge >= 0.3 is 0 Å². The summed E-state index contributed by atoms with van der Waals surface area (Å²) < 4.78 is 0. The molecule has 1 heteroatoms. The standard InChI is InChI=1S/C10H15Cl/c1-7(2)9-5-4-8(3)10(11)6-9/h4,9-10H,1,5-6H2,2-3H3/t9-,10+/m0/s1. The fourth-order valence-electron chi connectivity index (χ4n) is 1.39. The normalized spacial score (nSPS) is 31.4. The van der Waals surface area contributed by atoms with Gasteiger partial charge in [0, 0.05) is 0 Å². The molecule has 0 fully saturated rings. The van der Waals surface area contributed by atoms with Crippen LogP contribution >= 0.6 is 11.6 Å². The second-order valence-electron chi connectivity index (χ2n) is 3.43. The molecule has 1 aliphatic carbocycles. The molecule has 0 amide bonds. The average molecular weight is 171 g/mol. The van der Waals surface area contributed by atoms with Crippen LogP contribution in [0.15, 0.2) is 23.8 Å². The van der Waals surface area contributed by atoms with Gasteiger partial charge < -0.3 is 0 Å². The molecule has 11 heavy (non-hydrogen) atoms. The van der Waals surface area contributed by atoms with Crippen molar-refractivity contribution in [1.29, 1.82) is 0 Å². The molecule has 0 saturated heterocycles. The van der Waals surface area contributed by atoms with Crippen molar-refractivity contribution in [3.63, 3.8) is 0 Å². The van der Waals surface area contributed by atoms with Crippen LogP contribution in [0.1, 0.15) is 26.7 Å². The molecule has 0 heterocycles. The van der Waals surface area contributed by atoms with Crippen molar-refractivity contribution >= 4 is 11.6 Å². The summed E-state index contributed by atoms with van der Waals surface area (Å²) >= 11 is 6.10. The number of allylic oxidation sites excluding steroid dienone is 3. The van der Waals surface area contributed by atoms with E-state index in [2.05, 4.69) is 26.5 Å². The van der Waals surface area contributed by atoms with Crippen molar-refractivity contribution in [2.75, 3.05) is 0 Å². The van der Waals surface area contributed by atoms with Crippen molar-refractivity contribution in [2.45, 2.75) is 32.1 Å². The third kappa shape index (κ3) is 2.10. The summed E-state index contributed by atoms with van der Waals surface area (Å²) in [5.41, 5.74) is 2.59. The molecule has 1 aliphatic rings. The third-order valence-electron chi connectivity index (χ3n) is 2.41. The van der Waals surface area contributed by atoms with Gasteiger partial charge in [0.1, 0.15) is 0 Å². The van der Waals surface area contributed by atoms with Crippen molar-refractivity contribution < 1.29 is 0 Å². The van der Waals surface area contributed by atoms with Crippen LogP contribution < -0.4 is 0 Å². The van der Waals surface area contributed by atoms with Gasteiger partial charge in [-0.3, -0.25) is 0 Å². The van der Waals surface area contributed by atoms with Gasteiger partial charge in [-0.15, -0.1) is 11.6 Å². The summed E-state index contributed by atoms with van der Waals surface area (Å²) in [6, 6.07) is 0. The van der Waals surface area contributed by atoms with Crippen LogP contribution in [0.4, 0.5) is 0 Å². The minimum Gasteiger partial charge on any atom is -0.118 e. The smallest absolute Gasteiger partial charge is 0.0548 e. The minimum absolute atomic E-state index is 0.241. The lowest BCUT2D eigenvalue weighted by molar-refractivity contribution is 0.545. The summed E-state index contributed by atoms with van der Waals surface area (Å²) in [5.74, 6) is 0.612. The molecule has 0 nitrogen and oxygen atoms in total. The predicted molar refractivity (Wildman–Crippen MR) is 50.9 cm³/mol. The largest absolute Gasteiger partial charge is 0.118 e. The molecule has 0 bridgehead atoms. The Hall–Kier alpha value is -0.230. The van der Waals surface area contributed by atoms with Gasteiger partial charge in [-0.25, -0.2) is 0 Å². The number of halogens is 1. The number of hydrogen-bond donors (Lipinski definition) is 0. The molecule has 0 aromatic rings. The molecule has 0 aromatic carbocycles. The maximum atomic E-state index is 6.10. The molecular weight excluding hydrogens is 156 g/mol.